The molecule has 0 radical (unpaired) electrons. The lowest BCUT2D eigenvalue weighted by atomic mass is 10.2. The molecule has 0 bridgehead atoms. The van der Waals surface area contributed by atoms with E-state index in [0.717, 1.165) is 11.1 Å². The van der Waals surface area contributed by atoms with Crippen molar-refractivity contribution in [1.82, 2.24) is 39.8 Å². The molecule has 0 fully saturated rings. The van der Waals surface area contributed by atoms with Crippen LogP contribution in [0.5, 0.6) is 0 Å². The first-order valence-electron chi connectivity index (χ1n) is 10.2. The summed E-state index contributed by atoms with van der Waals surface area (Å²) in [5.41, 5.74) is 2.06. The lowest BCUT2D eigenvalue weighted by Gasteiger charge is -2.02. The SMILES string of the molecule is O=C(Nc1nn(Cc2ccc(Cl)cc2)cc1Cl)c1ccn(Cn2nnc(-c3ccccc3)n2)n1. The van der Waals surface area contributed by atoms with Crippen LogP contribution in [0, 0.1) is 0 Å². The number of halogens is 2. The normalized spacial score (nSPS) is 11.0. The molecule has 5 rings (SSSR count). The zero-order chi connectivity index (χ0) is 23.5. The Labute approximate surface area is 203 Å². The Morgan fingerprint density at radius 3 is 2.50 bits per heavy atom. The molecular weight excluding hydrogens is 477 g/mol. The molecule has 0 spiro atoms. The molecule has 3 heterocycles. The van der Waals surface area contributed by atoms with Gasteiger partial charge in [-0.25, -0.2) is 4.68 Å². The van der Waals surface area contributed by atoms with Gasteiger partial charge < -0.3 is 5.32 Å². The van der Waals surface area contributed by atoms with E-state index in [1.165, 1.54) is 9.48 Å². The van der Waals surface area contributed by atoms with E-state index in [9.17, 15) is 4.79 Å². The van der Waals surface area contributed by atoms with Crippen LogP contribution >= 0.6 is 23.2 Å². The highest BCUT2D eigenvalue weighted by atomic mass is 35.5. The number of hydrogen-bond acceptors (Lipinski definition) is 6. The molecule has 2 aromatic carbocycles. The van der Waals surface area contributed by atoms with Crippen molar-refractivity contribution in [3.63, 3.8) is 0 Å². The molecule has 170 valence electrons. The maximum absolute atomic E-state index is 12.7. The minimum atomic E-state index is -0.436. The van der Waals surface area contributed by atoms with Crippen molar-refractivity contribution in [1.29, 1.82) is 0 Å². The molecule has 10 nitrogen and oxygen atoms in total. The van der Waals surface area contributed by atoms with Gasteiger partial charge in [-0.3, -0.25) is 9.48 Å². The number of tetrazole rings is 1. The summed E-state index contributed by atoms with van der Waals surface area (Å²) in [6, 6.07) is 18.5. The largest absolute Gasteiger partial charge is 0.302 e. The van der Waals surface area contributed by atoms with E-state index in [2.05, 4.69) is 30.9 Å². The van der Waals surface area contributed by atoms with Crippen LogP contribution in [0.4, 0.5) is 5.82 Å². The van der Waals surface area contributed by atoms with Crippen molar-refractivity contribution in [2.75, 3.05) is 5.32 Å². The topological polar surface area (TPSA) is 108 Å². The van der Waals surface area contributed by atoms with Gasteiger partial charge in [-0.05, 0) is 29.0 Å². The number of hydrogen-bond donors (Lipinski definition) is 1. The fourth-order valence-corrected chi connectivity index (χ4v) is 3.53. The second-order valence-electron chi connectivity index (χ2n) is 7.34. The maximum atomic E-state index is 12.7. The van der Waals surface area contributed by atoms with Crippen LogP contribution in [0.3, 0.4) is 0 Å². The van der Waals surface area contributed by atoms with E-state index < -0.39 is 5.91 Å². The maximum Gasteiger partial charge on any atom is 0.277 e. The van der Waals surface area contributed by atoms with Crippen molar-refractivity contribution in [2.45, 2.75) is 13.2 Å². The zero-order valence-electron chi connectivity index (χ0n) is 17.6. The van der Waals surface area contributed by atoms with Crippen molar-refractivity contribution in [3.8, 4) is 11.4 Å². The number of carbonyl (C=O) groups is 1. The Kier molecular flexibility index (Phi) is 6.07. The third-order valence-electron chi connectivity index (χ3n) is 4.84. The van der Waals surface area contributed by atoms with Gasteiger partial charge >= 0.3 is 0 Å². The monoisotopic (exact) mass is 493 g/mol. The third kappa shape index (κ3) is 4.98. The van der Waals surface area contributed by atoms with Gasteiger partial charge in [0.15, 0.2) is 18.2 Å². The Hall–Kier alpha value is -4.02. The summed E-state index contributed by atoms with van der Waals surface area (Å²) in [7, 11) is 0. The first-order valence-corrected chi connectivity index (χ1v) is 10.9. The van der Waals surface area contributed by atoms with Crippen LogP contribution in [-0.2, 0) is 13.2 Å². The lowest BCUT2D eigenvalue weighted by molar-refractivity contribution is 0.102. The van der Waals surface area contributed by atoms with Crippen molar-refractivity contribution >= 4 is 34.9 Å². The van der Waals surface area contributed by atoms with Gasteiger partial charge in [0.05, 0.1) is 6.54 Å². The van der Waals surface area contributed by atoms with E-state index in [1.807, 2.05) is 42.5 Å². The molecule has 3 aromatic heterocycles. The first-order chi connectivity index (χ1) is 16.5. The number of rotatable bonds is 7. The number of amides is 1. The van der Waals surface area contributed by atoms with Gasteiger partial charge in [-0.15, -0.1) is 15.0 Å². The lowest BCUT2D eigenvalue weighted by Crippen LogP contribution is -2.16. The Balaban J connectivity index is 1.23. The van der Waals surface area contributed by atoms with Crippen LogP contribution in [0.15, 0.2) is 73.1 Å². The highest BCUT2D eigenvalue weighted by molar-refractivity contribution is 6.33. The van der Waals surface area contributed by atoms with Crippen LogP contribution in [0.1, 0.15) is 16.1 Å². The summed E-state index contributed by atoms with van der Waals surface area (Å²) in [6.45, 7) is 0.681. The molecule has 0 aliphatic rings. The molecule has 0 saturated carbocycles. The minimum Gasteiger partial charge on any atom is -0.302 e. The molecule has 0 saturated heterocycles. The molecule has 5 aromatic rings. The highest BCUT2D eigenvalue weighted by Crippen LogP contribution is 2.21. The van der Waals surface area contributed by atoms with Crippen LogP contribution in [0.2, 0.25) is 10.0 Å². The van der Waals surface area contributed by atoms with Gasteiger partial charge in [0.2, 0.25) is 5.82 Å². The van der Waals surface area contributed by atoms with Crippen molar-refractivity contribution in [2.24, 2.45) is 0 Å². The summed E-state index contributed by atoms with van der Waals surface area (Å²) in [5, 5.41) is 24.8. The molecule has 1 amide bonds. The number of anilines is 1. The predicted molar refractivity (Wildman–Crippen MR) is 127 cm³/mol. The summed E-state index contributed by atoms with van der Waals surface area (Å²) in [4.78, 5) is 14.1. The van der Waals surface area contributed by atoms with Gasteiger partial charge in [-0.2, -0.15) is 10.2 Å². The molecule has 0 unspecified atom stereocenters. The molecule has 0 aliphatic carbocycles. The standard InChI is InChI=1S/C22H17Cl2N9O/c23-17-8-6-15(7-9-17)12-32-13-18(24)21(28-32)25-22(34)19-10-11-31(27-19)14-33-29-20(26-30-33)16-4-2-1-3-5-16/h1-11,13H,12,14H2,(H,25,28,34). The fraction of sp³-hybridized carbons (Fsp3) is 0.0909. The van der Waals surface area contributed by atoms with Crippen molar-refractivity contribution in [3.05, 3.63) is 94.4 Å². The van der Waals surface area contributed by atoms with Crippen LogP contribution in [-0.4, -0.2) is 45.7 Å². The number of carbonyl (C=O) groups excluding carboxylic acids is 1. The van der Waals surface area contributed by atoms with Crippen LogP contribution in [0.25, 0.3) is 11.4 Å². The summed E-state index contributed by atoms with van der Waals surface area (Å²) < 4.78 is 3.17. The molecule has 12 heteroatoms. The van der Waals surface area contributed by atoms with Gasteiger partial charge in [0, 0.05) is 23.0 Å². The Morgan fingerprint density at radius 1 is 0.912 bits per heavy atom. The number of benzene rings is 2. The van der Waals surface area contributed by atoms with E-state index in [0.29, 0.717) is 22.4 Å². The average molecular weight is 494 g/mol. The Bertz CT molecular complexity index is 1420. The molecule has 34 heavy (non-hydrogen) atoms. The zero-order valence-corrected chi connectivity index (χ0v) is 19.1. The second-order valence-corrected chi connectivity index (χ2v) is 8.18. The minimum absolute atomic E-state index is 0.198. The molecule has 1 N–H and O–H groups in total. The molecular formula is C22H17Cl2N9O. The number of nitrogens with zero attached hydrogens (tertiary/aromatic N) is 8. The molecule has 0 atom stereocenters. The quantitative estimate of drug-likeness (QED) is 0.368. The summed E-state index contributed by atoms with van der Waals surface area (Å²) in [5.74, 6) is 0.323. The van der Waals surface area contributed by atoms with Gasteiger partial charge in [0.1, 0.15) is 5.02 Å². The third-order valence-corrected chi connectivity index (χ3v) is 5.36. The van der Waals surface area contributed by atoms with Gasteiger partial charge in [0.25, 0.3) is 5.91 Å². The average Bonchev–Trinajstić information content (AvgIpc) is 3.58. The van der Waals surface area contributed by atoms with E-state index in [1.54, 1.807) is 35.3 Å². The predicted octanol–water partition coefficient (Wildman–Crippen LogP) is 3.85. The van der Waals surface area contributed by atoms with Crippen LogP contribution < -0.4 is 5.32 Å². The summed E-state index contributed by atoms with van der Waals surface area (Å²) >= 11 is 12.2. The molecule has 0 aliphatic heterocycles. The van der Waals surface area contributed by atoms with Gasteiger partial charge in [-0.1, -0.05) is 65.7 Å². The van der Waals surface area contributed by atoms with Crippen molar-refractivity contribution < 1.29 is 4.79 Å². The number of nitrogens with one attached hydrogen (secondary N) is 1. The van der Waals surface area contributed by atoms with E-state index in [-0.39, 0.29) is 18.2 Å². The Morgan fingerprint density at radius 2 is 1.71 bits per heavy atom. The number of aromatic nitrogens is 8. The fourth-order valence-electron chi connectivity index (χ4n) is 3.21. The van der Waals surface area contributed by atoms with E-state index >= 15 is 0 Å². The van der Waals surface area contributed by atoms with E-state index in [4.69, 9.17) is 23.2 Å². The second kappa shape index (κ2) is 9.46. The summed E-state index contributed by atoms with van der Waals surface area (Å²) in [6.07, 6.45) is 3.30. The highest BCUT2D eigenvalue weighted by Gasteiger charge is 2.15. The first kappa shape index (κ1) is 21.8. The smallest absolute Gasteiger partial charge is 0.277 e.